The molecule has 2 rings (SSSR count). The lowest BCUT2D eigenvalue weighted by molar-refractivity contribution is 0.730. The molecule has 2 heteroatoms. The average molecular weight is 337 g/mol. The fourth-order valence-electron chi connectivity index (χ4n) is 3.30. The number of hydrogen-bond donors (Lipinski definition) is 1. The second-order valence-electron chi connectivity index (χ2n) is 6.66. The molecule has 25 heavy (non-hydrogen) atoms. The maximum absolute atomic E-state index is 4.94. The minimum Gasteiger partial charge on any atom is -0.309 e. The summed E-state index contributed by atoms with van der Waals surface area (Å²) in [5, 5.41) is 3.52. The predicted octanol–water partition coefficient (Wildman–Crippen LogP) is 5.63. The minimum atomic E-state index is 0.865. The van der Waals surface area contributed by atoms with E-state index in [0.717, 1.165) is 43.7 Å². The van der Waals surface area contributed by atoms with Crippen molar-refractivity contribution in [2.45, 2.75) is 60.4 Å². The van der Waals surface area contributed by atoms with E-state index in [4.69, 9.17) is 4.98 Å². The van der Waals surface area contributed by atoms with Gasteiger partial charge in [-0.1, -0.05) is 56.7 Å². The molecule has 1 aromatic heterocycles. The van der Waals surface area contributed by atoms with Gasteiger partial charge in [0.25, 0.3) is 0 Å². The number of nitrogens with one attached hydrogen (secondary N) is 1. The molecule has 0 saturated carbocycles. The van der Waals surface area contributed by atoms with Crippen molar-refractivity contribution in [2.75, 3.05) is 6.54 Å². The zero-order chi connectivity index (χ0) is 18.2. The van der Waals surface area contributed by atoms with E-state index < -0.39 is 0 Å². The van der Waals surface area contributed by atoms with Crippen LogP contribution in [0.25, 0.3) is 11.3 Å². The maximum atomic E-state index is 4.94. The third kappa shape index (κ3) is 5.02. The van der Waals surface area contributed by atoms with Crippen molar-refractivity contribution in [3.05, 3.63) is 64.4 Å². The van der Waals surface area contributed by atoms with Crippen LogP contribution in [0.1, 0.15) is 56.5 Å². The highest BCUT2D eigenvalue weighted by Gasteiger charge is 2.11. The molecule has 1 heterocycles. The van der Waals surface area contributed by atoms with Crippen molar-refractivity contribution in [3.63, 3.8) is 0 Å². The summed E-state index contributed by atoms with van der Waals surface area (Å²) in [6.45, 7) is 12.7. The van der Waals surface area contributed by atoms with Crippen LogP contribution in [-0.4, -0.2) is 11.5 Å². The van der Waals surface area contributed by atoms with Gasteiger partial charge in [0.1, 0.15) is 0 Å². The second kappa shape index (κ2) is 9.53. The molecule has 0 amide bonds. The van der Waals surface area contributed by atoms with Gasteiger partial charge < -0.3 is 5.32 Å². The molecule has 0 aliphatic carbocycles. The fourth-order valence-corrected chi connectivity index (χ4v) is 3.30. The SMILES string of the molecule is CCC=C(C)CNCc1ccc(-c2c(CC)cccc2CC)nc1C. The highest BCUT2D eigenvalue weighted by atomic mass is 14.9. The number of aromatic nitrogens is 1. The molecular weight excluding hydrogens is 304 g/mol. The molecule has 0 atom stereocenters. The van der Waals surface area contributed by atoms with Gasteiger partial charge in [-0.2, -0.15) is 0 Å². The molecule has 0 radical (unpaired) electrons. The van der Waals surface area contributed by atoms with Crippen molar-refractivity contribution < 1.29 is 0 Å². The van der Waals surface area contributed by atoms with Crippen molar-refractivity contribution in [1.82, 2.24) is 10.3 Å². The summed E-state index contributed by atoms with van der Waals surface area (Å²) in [4.78, 5) is 4.94. The zero-order valence-electron chi connectivity index (χ0n) is 16.4. The van der Waals surface area contributed by atoms with Crippen LogP contribution in [-0.2, 0) is 19.4 Å². The summed E-state index contributed by atoms with van der Waals surface area (Å²) in [5.74, 6) is 0. The van der Waals surface area contributed by atoms with Crippen LogP contribution in [0.5, 0.6) is 0 Å². The quantitative estimate of drug-likeness (QED) is 0.632. The van der Waals surface area contributed by atoms with Gasteiger partial charge >= 0.3 is 0 Å². The summed E-state index contributed by atoms with van der Waals surface area (Å²) in [6, 6.07) is 11.0. The van der Waals surface area contributed by atoms with Crippen molar-refractivity contribution in [3.8, 4) is 11.3 Å². The molecule has 1 aromatic carbocycles. The van der Waals surface area contributed by atoms with E-state index in [-0.39, 0.29) is 0 Å². The van der Waals surface area contributed by atoms with Crippen LogP contribution in [0, 0.1) is 6.92 Å². The summed E-state index contributed by atoms with van der Waals surface area (Å²) >= 11 is 0. The first kappa shape index (κ1) is 19.4. The van der Waals surface area contributed by atoms with E-state index in [0.29, 0.717) is 0 Å². The first-order chi connectivity index (χ1) is 12.1. The Balaban J connectivity index is 2.21. The van der Waals surface area contributed by atoms with E-state index >= 15 is 0 Å². The smallest absolute Gasteiger partial charge is 0.0710 e. The van der Waals surface area contributed by atoms with E-state index in [1.54, 1.807) is 0 Å². The number of hydrogen-bond acceptors (Lipinski definition) is 2. The summed E-state index contributed by atoms with van der Waals surface area (Å²) < 4.78 is 0. The minimum absolute atomic E-state index is 0.865. The molecular formula is C23H32N2. The largest absolute Gasteiger partial charge is 0.309 e. The third-order valence-electron chi connectivity index (χ3n) is 4.72. The Morgan fingerprint density at radius 1 is 1.00 bits per heavy atom. The predicted molar refractivity (Wildman–Crippen MR) is 109 cm³/mol. The third-order valence-corrected chi connectivity index (χ3v) is 4.72. The molecule has 0 fully saturated rings. The van der Waals surface area contributed by atoms with Gasteiger partial charge in [0.2, 0.25) is 0 Å². The van der Waals surface area contributed by atoms with Gasteiger partial charge in [0.15, 0.2) is 0 Å². The van der Waals surface area contributed by atoms with Crippen LogP contribution >= 0.6 is 0 Å². The number of pyridine rings is 1. The highest BCUT2D eigenvalue weighted by Crippen LogP contribution is 2.28. The molecule has 2 aromatic rings. The molecule has 0 aliphatic rings. The molecule has 134 valence electrons. The van der Waals surface area contributed by atoms with Gasteiger partial charge in [-0.15, -0.1) is 0 Å². The highest BCUT2D eigenvalue weighted by molar-refractivity contribution is 5.68. The number of aryl methyl sites for hydroxylation is 3. The first-order valence-electron chi connectivity index (χ1n) is 9.54. The number of allylic oxidation sites excluding steroid dienone is 1. The number of benzene rings is 1. The topological polar surface area (TPSA) is 24.9 Å². The first-order valence-corrected chi connectivity index (χ1v) is 9.54. The normalized spacial score (nSPS) is 11.8. The standard InChI is InChI=1S/C23H32N2/c1-6-10-17(4)15-24-16-21-13-14-22(25-18(21)5)23-19(7-2)11-9-12-20(23)8-3/h9-14,24H,6-8,15-16H2,1-5H3. The van der Waals surface area contributed by atoms with E-state index in [1.807, 2.05) is 0 Å². The van der Waals surface area contributed by atoms with Gasteiger partial charge in [0.05, 0.1) is 5.69 Å². The Bertz CT molecular complexity index is 707. The Labute approximate surface area is 153 Å². The monoisotopic (exact) mass is 336 g/mol. The fraction of sp³-hybridized carbons (Fsp3) is 0.435. The Hall–Kier alpha value is -1.93. The lowest BCUT2D eigenvalue weighted by Gasteiger charge is -2.15. The van der Waals surface area contributed by atoms with E-state index in [9.17, 15) is 0 Å². The summed E-state index contributed by atoms with van der Waals surface area (Å²) in [7, 11) is 0. The second-order valence-corrected chi connectivity index (χ2v) is 6.66. The van der Waals surface area contributed by atoms with Gasteiger partial charge in [-0.05, 0) is 55.9 Å². The van der Waals surface area contributed by atoms with Gasteiger partial charge in [0, 0.05) is 24.3 Å². The summed E-state index contributed by atoms with van der Waals surface area (Å²) in [5.41, 5.74) is 9.01. The van der Waals surface area contributed by atoms with Crippen LogP contribution in [0.15, 0.2) is 42.0 Å². The molecule has 0 saturated heterocycles. The van der Waals surface area contributed by atoms with Crippen LogP contribution in [0.2, 0.25) is 0 Å². The molecule has 0 aliphatic heterocycles. The Kier molecular flexibility index (Phi) is 7.39. The maximum Gasteiger partial charge on any atom is 0.0710 e. The van der Waals surface area contributed by atoms with E-state index in [2.05, 4.69) is 76.3 Å². The van der Waals surface area contributed by atoms with E-state index in [1.165, 1.54) is 27.8 Å². The lowest BCUT2D eigenvalue weighted by atomic mass is 9.94. The summed E-state index contributed by atoms with van der Waals surface area (Å²) in [6.07, 6.45) is 5.45. The van der Waals surface area contributed by atoms with Crippen molar-refractivity contribution in [1.29, 1.82) is 0 Å². The van der Waals surface area contributed by atoms with Gasteiger partial charge in [-0.25, -0.2) is 0 Å². The molecule has 0 spiro atoms. The Morgan fingerprint density at radius 2 is 1.68 bits per heavy atom. The van der Waals surface area contributed by atoms with Gasteiger partial charge in [-0.3, -0.25) is 4.98 Å². The lowest BCUT2D eigenvalue weighted by Crippen LogP contribution is -2.16. The molecule has 0 unspecified atom stereocenters. The molecule has 0 bridgehead atoms. The zero-order valence-corrected chi connectivity index (χ0v) is 16.4. The van der Waals surface area contributed by atoms with Crippen LogP contribution in [0.3, 0.4) is 0 Å². The van der Waals surface area contributed by atoms with Crippen LogP contribution in [0.4, 0.5) is 0 Å². The Morgan fingerprint density at radius 3 is 2.24 bits per heavy atom. The van der Waals surface area contributed by atoms with Crippen LogP contribution < -0.4 is 5.32 Å². The van der Waals surface area contributed by atoms with Crippen molar-refractivity contribution in [2.24, 2.45) is 0 Å². The number of nitrogens with zero attached hydrogens (tertiary/aromatic N) is 1. The van der Waals surface area contributed by atoms with Crippen molar-refractivity contribution >= 4 is 0 Å². The average Bonchev–Trinajstić information content (AvgIpc) is 2.62. The molecule has 2 nitrogen and oxygen atoms in total. The number of rotatable bonds is 8. The molecule has 1 N–H and O–H groups in total.